The average molecular weight is 372 g/mol. The summed E-state index contributed by atoms with van der Waals surface area (Å²) in [6.45, 7) is 7.94. The number of urea groups is 1. The maximum absolute atomic E-state index is 12.7. The monoisotopic (exact) mass is 372 g/mol. The molecule has 0 radical (unpaired) electrons. The maximum atomic E-state index is 12.7. The molecule has 3 rings (SSSR count). The van der Waals surface area contributed by atoms with E-state index in [2.05, 4.69) is 23.6 Å². The lowest BCUT2D eigenvalue weighted by atomic mass is 9.91. The molecule has 6 nitrogen and oxygen atoms in total. The lowest BCUT2D eigenvalue weighted by Crippen LogP contribution is -3.16. The van der Waals surface area contributed by atoms with Crippen molar-refractivity contribution in [3.05, 3.63) is 46.2 Å². The maximum Gasteiger partial charge on any atom is 0.338 e. The van der Waals surface area contributed by atoms with Crippen LogP contribution < -0.4 is 15.5 Å². The highest BCUT2D eigenvalue weighted by atomic mass is 16.5. The van der Waals surface area contributed by atoms with Gasteiger partial charge in [0, 0.05) is 0 Å². The molecule has 0 saturated carbocycles. The molecule has 2 aliphatic rings. The topological polar surface area (TPSA) is 71.9 Å². The Morgan fingerprint density at radius 3 is 2.74 bits per heavy atom. The summed E-state index contributed by atoms with van der Waals surface area (Å²) in [5.41, 5.74) is 4.30. The van der Waals surface area contributed by atoms with Crippen molar-refractivity contribution in [2.75, 3.05) is 20.2 Å². The van der Waals surface area contributed by atoms with Crippen molar-refractivity contribution < 1.29 is 19.2 Å². The first-order valence-electron chi connectivity index (χ1n) is 9.71. The Morgan fingerprint density at radius 1 is 1.30 bits per heavy atom. The Labute approximate surface area is 161 Å². The molecular formula is C21H30N3O3+. The van der Waals surface area contributed by atoms with Crippen molar-refractivity contribution in [1.29, 1.82) is 0 Å². The van der Waals surface area contributed by atoms with Gasteiger partial charge in [-0.15, -0.1) is 0 Å². The smallest absolute Gasteiger partial charge is 0.338 e. The van der Waals surface area contributed by atoms with Gasteiger partial charge >= 0.3 is 12.0 Å². The predicted molar refractivity (Wildman–Crippen MR) is 103 cm³/mol. The number of carbonyl (C=O) groups is 2. The second-order valence-electron chi connectivity index (χ2n) is 7.76. The van der Waals surface area contributed by atoms with Crippen LogP contribution in [-0.4, -0.2) is 38.2 Å². The molecular weight excluding hydrogens is 342 g/mol. The van der Waals surface area contributed by atoms with Gasteiger partial charge in [-0.25, -0.2) is 9.59 Å². The molecule has 2 amide bonds. The Bertz CT molecular complexity index is 772. The highest BCUT2D eigenvalue weighted by Crippen LogP contribution is 2.30. The number of ether oxygens (including phenoxy) is 1. The van der Waals surface area contributed by atoms with Crippen LogP contribution in [0.25, 0.3) is 0 Å². The quantitative estimate of drug-likeness (QED) is 0.702. The first-order chi connectivity index (χ1) is 12.9. The normalized spacial score (nSPS) is 25.6. The molecule has 27 heavy (non-hydrogen) atoms. The van der Waals surface area contributed by atoms with Crippen molar-refractivity contribution in [3.8, 4) is 0 Å². The number of aryl methyl sites for hydroxylation is 2. The van der Waals surface area contributed by atoms with Gasteiger partial charge in [-0.2, -0.15) is 0 Å². The van der Waals surface area contributed by atoms with E-state index in [0.29, 0.717) is 23.9 Å². The number of methoxy groups -OCH3 is 1. The van der Waals surface area contributed by atoms with Gasteiger partial charge in [-0.05, 0) is 51.2 Å². The van der Waals surface area contributed by atoms with Crippen LogP contribution >= 0.6 is 0 Å². The molecule has 1 unspecified atom stereocenters. The van der Waals surface area contributed by atoms with Gasteiger partial charge in [-0.1, -0.05) is 23.8 Å². The van der Waals surface area contributed by atoms with Crippen molar-refractivity contribution >= 4 is 12.0 Å². The van der Waals surface area contributed by atoms with Gasteiger partial charge in [0.25, 0.3) is 0 Å². The minimum Gasteiger partial charge on any atom is -0.466 e. The van der Waals surface area contributed by atoms with Crippen molar-refractivity contribution in [1.82, 2.24) is 10.6 Å². The van der Waals surface area contributed by atoms with Gasteiger partial charge in [0.15, 0.2) is 0 Å². The van der Waals surface area contributed by atoms with Crippen molar-refractivity contribution in [2.24, 2.45) is 0 Å². The first kappa shape index (κ1) is 19.4. The predicted octanol–water partition coefficient (Wildman–Crippen LogP) is 1.54. The zero-order chi connectivity index (χ0) is 19.6. The number of piperidine rings is 1. The van der Waals surface area contributed by atoms with Crippen LogP contribution in [0.5, 0.6) is 0 Å². The van der Waals surface area contributed by atoms with E-state index in [1.807, 2.05) is 26.0 Å². The van der Waals surface area contributed by atoms with E-state index in [9.17, 15) is 9.59 Å². The van der Waals surface area contributed by atoms with Gasteiger partial charge in [-0.3, -0.25) is 0 Å². The summed E-state index contributed by atoms with van der Waals surface area (Å²) in [6, 6.07) is 5.79. The number of rotatable bonds is 4. The molecule has 0 aliphatic carbocycles. The zero-order valence-corrected chi connectivity index (χ0v) is 16.6. The Hall–Kier alpha value is -2.34. The van der Waals surface area contributed by atoms with Crippen molar-refractivity contribution in [3.63, 3.8) is 0 Å². The van der Waals surface area contributed by atoms with E-state index in [1.165, 1.54) is 31.3 Å². The fourth-order valence-corrected chi connectivity index (χ4v) is 4.23. The van der Waals surface area contributed by atoms with E-state index in [-0.39, 0.29) is 6.03 Å². The number of amides is 2. The molecule has 1 aromatic carbocycles. The second kappa shape index (κ2) is 8.13. The molecule has 2 heterocycles. The lowest BCUT2D eigenvalue weighted by molar-refractivity contribution is -0.924. The molecule has 2 aliphatic heterocycles. The summed E-state index contributed by atoms with van der Waals surface area (Å²) in [5.74, 6) is -0.397. The third-order valence-corrected chi connectivity index (χ3v) is 5.78. The second-order valence-corrected chi connectivity index (χ2v) is 7.76. The molecule has 1 fully saturated rings. The number of nitrogens with one attached hydrogen (secondary N) is 3. The molecule has 1 aromatic rings. The van der Waals surface area contributed by atoms with Crippen LogP contribution in [-0.2, 0) is 9.53 Å². The van der Waals surface area contributed by atoms with Crippen LogP contribution in [0.4, 0.5) is 4.79 Å². The lowest BCUT2D eigenvalue weighted by Gasteiger charge is -2.34. The number of carbonyl (C=O) groups excluding carboxylic acids is 2. The van der Waals surface area contributed by atoms with E-state index < -0.39 is 12.0 Å². The Morgan fingerprint density at radius 2 is 2.07 bits per heavy atom. The molecule has 1 saturated heterocycles. The number of esters is 1. The van der Waals surface area contributed by atoms with Gasteiger partial charge in [0.05, 0.1) is 37.0 Å². The van der Waals surface area contributed by atoms with E-state index in [4.69, 9.17) is 4.74 Å². The Balaban J connectivity index is 2.03. The Kier molecular flexibility index (Phi) is 5.85. The molecule has 0 bridgehead atoms. The minimum atomic E-state index is -0.499. The number of hydrogen-bond acceptors (Lipinski definition) is 3. The summed E-state index contributed by atoms with van der Waals surface area (Å²) in [5, 5.41) is 5.81. The van der Waals surface area contributed by atoms with Crippen LogP contribution in [0.15, 0.2) is 29.5 Å². The van der Waals surface area contributed by atoms with Gasteiger partial charge in [0.1, 0.15) is 6.54 Å². The molecule has 3 N–H and O–H groups in total. The van der Waals surface area contributed by atoms with Crippen LogP contribution in [0.3, 0.4) is 0 Å². The molecule has 0 aromatic heterocycles. The fourth-order valence-electron chi connectivity index (χ4n) is 4.23. The first-order valence-corrected chi connectivity index (χ1v) is 9.71. The molecule has 3 atom stereocenters. The fraction of sp³-hybridized carbons (Fsp3) is 0.524. The van der Waals surface area contributed by atoms with E-state index >= 15 is 0 Å². The summed E-state index contributed by atoms with van der Waals surface area (Å²) < 4.78 is 5.09. The van der Waals surface area contributed by atoms with Crippen molar-refractivity contribution in [2.45, 2.75) is 52.1 Å². The zero-order valence-electron chi connectivity index (χ0n) is 16.6. The third kappa shape index (κ3) is 4.16. The van der Waals surface area contributed by atoms with Crippen LogP contribution in [0, 0.1) is 13.8 Å². The van der Waals surface area contributed by atoms with Crippen LogP contribution in [0.1, 0.15) is 48.9 Å². The molecule has 6 heteroatoms. The number of likely N-dealkylation sites (tertiary alicyclic amines) is 1. The summed E-state index contributed by atoms with van der Waals surface area (Å²) in [7, 11) is 1.39. The average Bonchev–Trinajstić information content (AvgIpc) is 2.62. The highest BCUT2D eigenvalue weighted by Gasteiger charge is 2.36. The number of quaternary nitrogens is 1. The summed E-state index contributed by atoms with van der Waals surface area (Å²) in [6.07, 6.45) is 3.59. The summed E-state index contributed by atoms with van der Waals surface area (Å²) >= 11 is 0. The minimum absolute atomic E-state index is 0.272. The van der Waals surface area contributed by atoms with E-state index in [0.717, 1.165) is 23.2 Å². The molecule has 0 spiro atoms. The number of benzene rings is 1. The largest absolute Gasteiger partial charge is 0.466 e. The summed E-state index contributed by atoms with van der Waals surface area (Å²) in [4.78, 5) is 26.5. The van der Waals surface area contributed by atoms with Gasteiger partial charge in [0.2, 0.25) is 0 Å². The SMILES string of the molecule is COC(=O)C1=C(C[NH+]2CCCC[C@@H]2C)NC(=O)N[C@@H]1c1ccc(C)cc1C. The van der Waals surface area contributed by atoms with Gasteiger partial charge < -0.3 is 20.3 Å². The van der Waals surface area contributed by atoms with E-state index in [1.54, 1.807) is 0 Å². The standard InChI is InChI=1S/C21H29N3O3/c1-13-8-9-16(14(2)11-13)19-18(20(25)27-4)17(22-21(26)23-19)12-24-10-6-5-7-15(24)3/h8-9,11,15,19H,5-7,10,12H2,1-4H3,(H2,22,23,26)/p+1/t15-,19+/m0/s1. The highest BCUT2D eigenvalue weighted by molar-refractivity contribution is 5.95. The van der Waals surface area contributed by atoms with Crippen LogP contribution in [0.2, 0.25) is 0 Å². The molecule has 146 valence electrons. The third-order valence-electron chi connectivity index (χ3n) is 5.78. The number of hydrogen-bond donors (Lipinski definition) is 3.